The molecule has 3 saturated carbocycles. The highest BCUT2D eigenvalue weighted by molar-refractivity contribution is 14.1. The summed E-state index contributed by atoms with van der Waals surface area (Å²) in [5.74, 6) is 3.35. The Kier molecular flexibility index (Phi) is 4.04. The quantitative estimate of drug-likeness (QED) is 0.411. The molecule has 0 aromatic carbocycles. The number of fused-ring (bicyclic) bond motifs is 5. The van der Waals surface area contributed by atoms with Gasteiger partial charge in [0.1, 0.15) is 0 Å². The lowest BCUT2D eigenvalue weighted by atomic mass is 9.47. The maximum absolute atomic E-state index is 10.1. The summed E-state index contributed by atoms with van der Waals surface area (Å²) in [6.45, 7) is 9.40. The number of hydrogen-bond donors (Lipinski definition) is 1. The van der Waals surface area contributed by atoms with E-state index in [0.717, 1.165) is 36.5 Å². The molecule has 0 bridgehead atoms. The summed E-state index contributed by atoms with van der Waals surface area (Å²) in [4.78, 5) is 0. The molecule has 7 atom stereocenters. The molecule has 0 heterocycles. The van der Waals surface area contributed by atoms with Gasteiger partial charge in [0.2, 0.25) is 0 Å². The highest BCUT2D eigenvalue weighted by atomic mass is 127. The lowest BCUT2D eigenvalue weighted by Crippen LogP contribution is -2.50. The van der Waals surface area contributed by atoms with E-state index in [0.29, 0.717) is 10.8 Å². The number of rotatable bonds is 1. The summed E-state index contributed by atoms with van der Waals surface area (Å²) in [5, 5.41) is 10.1. The molecule has 0 radical (unpaired) electrons. The summed E-state index contributed by atoms with van der Waals surface area (Å²) >= 11 is 2.49. The van der Waals surface area contributed by atoms with Crippen molar-refractivity contribution in [2.45, 2.75) is 71.3 Å². The fraction of sp³-hybridized carbons (Fsp3) is 0.810. The molecule has 4 unspecified atom stereocenters. The summed E-state index contributed by atoms with van der Waals surface area (Å²) in [5.41, 5.74) is 2.46. The average Bonchev–Trinajstić information content (AvgIpc) is 2.85. The molecule has 0 aromatic heterocycles. The van der Waals surface area contributed by atoms with E-state index in [4.69, 9.17) is 0 Å². The predicted octanol–water partition coefficient (Wildman–Crippen LogP) is 5.88. The molecule has 0 saturated heterocycles. The number of aliphatic hydroxyl groups is 1. The van der Waals surface area contributed by atoms with Gasteiger partial charge in [0.05, 0.1) is 6.10 Å². The van der Waals surface area contributed by atoms with Crippen LogP contribution in [0.2, 0.25) is 0 Å². The first-order chi connectivity index (χ1) is 10.9. The van der Waals surface area contributed by atoms with Gasteiger partial charge in [-0.05, 0) is 112 Å². The first-order valence-electron chi connectivity index (χ1n) is 9.58. The van der Waals surface area contributed by atoms with Gasteiger partial charge in [-0.15, -0.1) is 0 Å². The van der Waals surface area contributed by atoms with Gasteiger partial charge in [0.25, 0.3) is 0 Å². The predicted molar refractivity (Wildman–Crippen MR) is 104 cm³/mol. The van der Waals surface area contributed by atoms with Gasteiger partial charge >= 0.3 is 0 Å². The minimum atomic E-state index is -0.0852. The zero-order chi connectivity index (χ0) is 16.4. The first kappa shape index (κ1) is 16.6. The van der Waals surface area contributed by atoms with Crippen LogP contribution in [0.1, 0.15) is 65.2 Å². The number of hydrogen-bond acceptors (Lipinski definition) is 1. The molecule has 3 fully saturated rings. The van der Waals surface area contributed by atoms with Crippen LogP contribution in [0.25, 0.3) is 0 Å². The van der Waals surface area contributed by atoms with E-state index in [9.17, 15) is 5.11 Å². The van der Waals surface area contributed by atoms with Gasteiger partial charge in [-0.3, -0.25) is 0 Å². The SMILES string of the molecule is C=C(I)[C@H]1CCC2C3CC=C4CC(O)CC[C@]4(C)C3CC[C@@]21C. The van der Waals surface area contributed by atoms with Crippen molar-refractivity contribution < 1.29 is 5.11 Å². The zero-order valence-corrected chi connectivity index (χ0v) is 16.8. The maximum Gasteiger partial charge on any atom is 0.0577 e. The summed E-state index contributed by atoms with van der Waals surface area (Å²) in [6.07, 6.45) is 12.4. The van der Waals surface area contributed by atoms with Crippen molar-refractivity contribution >= 4 is 22.6 Å². The Morgan fingerprint density at radius 2 is 1.96 bits per heavy atom. The van der Waals surface area contributed by atoms with Gasteiger partial charge in [-0.25, -0.2) is 0 Å². The third-order valence-electron chi connectivity index (χ3n) is 8.46. The minimum Gasteiger partial charge on any atom is -0.393 e. The number of halogens is 1. The van der Waals surface area contributed by atoms with E-state index in [-0.39, 0.29) is 6.10 Å². The molecule has 2 heteroatoms. The van der Waals surface area contributed by atoms with Crippen molar-refractivity contribution in [2.75, 3.05) is 0 Å². The Labute approximate surface area is 155 Å². The molecule has 128 valence electrons. The van der Waals surface area contributed by atoms with Crippen molar-refractivity contribution in [3.8, 4) is 0 Å². The van der Waals surface area contributed by atoms with Crippen LogP contribution in [0.5, 0.6) is 0 Å². The lowest BCUT2D eigenvalue weighted by Gasteiger charge is -2.58. The summed E-state index contributed by atoms with van der Waals surface area (Å²) < 4.78 is 1.39. The van der Waals surface area contributed by atoms with Crippen LogP contribution in [0.15, 0.2) is 21.8 Å². The Hall–Kier alpha value is 0.170. The molecule has 4 aliphatic carbocycles. The fourth-order valence-corrected chi connectivity index (χ4v) is 8.18. The molecular formula is C21H31IO. The highest BCUT2D eigenvalue weighted by Crippen LogP contribution is 2.67. The fourth-order valence-electron chi connectivity index (χ4n) is 7.16. The van der Waals surface area contributed by atoms with Crippen LogP contribution >= 0.6 is 22.6 Å². The molecule has 1 nitrogen and oxygen atoms in total. The van der Waals surface area contributed by atoms with E-state index < -0.39 is 0 Å². The standard InChI is InChI=1S/C21H31IO/c1-13(22)17-6-7-18-16-5-4-14-12-15(23)8-10-20(14,2)19(16)9-11-21(17,18)3/h4,15-19,23H,1,5-12H2,2-3H3/t15?,16?,17-,18?,19?,20+,21-/m1/s1. The van der Waals surface area contributed by atoms with E-state index in [2.05, 4.69) is 49.1 Å². The monoisotopic (exact) mass is 426 g/mol. The Balaban J connectivity index is 1.66. The van der Waals surface area contributed by atoms with Crippen molar-refractivity contribution in [2.24, 2.45) is 34.5 Å². The normalized spacial score (nSPS) is 52.2. The van der Waals surface area contributed by atoms with Crippen molar-refractivity contribution in [1.82, 2.24) is 0 Å². The van der Waals surface area contributed by atoms with Crippen molar-refractivity contribution in [1.29, 1.82) is 0 Å². The van der Waals surface area contributed by atoms with Crippen LogP contribution in [0.4, 0.5) is 0 Å². The number of aliphatic hydroxyl groups excluding tert-OH is 1. The Morgan fingerprint density at radius 3 is 2.70 bits per heavy atom. The Bertz CT molecular complexity index is 552. The maximum atomic E-state index is 10.1. The van der Waals surface area contributed by atoms with Gasteiger partial charge in [-0.1, -0.05) is 32.1 Å². The Morgan fingerprint density at radius 1 is 1.17 bits per heavy atom. The topological polar surface area (TPSA) is 20.2 Å². The molecule has 0 spiro atoms. The van der Waals surface area contributed by atoms with E-state index in [1.54, 1.807) is 5.57 Å². The molecule has 23 heavy (non-hydrogen) atoms. The lowest BCUT2D eigenvalue weighted by molar-refractivity contribution is -0.0443. The molecular weight excluding hydrogens is 395 g/mol. The van der Waals surface area contributed by atoms with E-state index in [1.165, 1.54) is 42.1 Å². The van der Waals surface area contributed by atoms with Crippen LogP contribution < -0.4 is 0 Å². The third-order valence-corrected chi connectivity index (χ3v) is 9.21. The average molecular weight is 426 g/mol. The van der Waals surface area contributed by atoms with Crippen LogP contribution in [-0.2, 0) is 0 Å². The smallest absolute Gasteiger partial charge is 0.0577 e. The molecule has 0 aliphatic heterocycles. The van der Waals surface area contributed by atoms with Gasteiger partial charge in [-0.2, -0.15) is 0 Å². The van der Waals surface area contributed by atoms with Gasteiger partial charge < -0.3 is 5.11 Å². The van der Waals surface area contributed by atoms with Crippen LogP contribution in [0, 0.1) is 34.5 Å². The number of allylic oxidation sites excluding steroid dienone is 2. The minimum absolute atomic E-state index is 0.0852. The van der Waals surface area contributed by atoms with Gasteiger partial charge in [0, 0.05) is 0 Å². The van der Waals surface area contributed by atoms with Crippen molar-refractivity contribution in [3.63, 3.8) is 0 Å². The van der Waals surface area contributed by atoms with Gasteiger partial charge in [0.15, 0.2) is 0 Å². The second-order valence-corrected chi connectivity index (χ2v) is 10.7. The highest BCUT2D eigenvalue weighted by Gasteiger charge is 2.58. The molecule has 1 N–H and O–H groups in total. The van der Waals surface area contributed by atoms with Crippen molar-refractivity contribution in [3.05, 3.63) is 21.8 Å². The summed E-state index contributed by atoms with van der Waals surface area (Å²) in [7, 11) is 0. The molecule has 0 aromatic rings. The molecule has 4 aliphatic rings. The van der Waals surface area contributed by atoms with Crippen LogP contribution in [0.3, 0.4) is 0 Å². The third kappa shape index (κ3) is 2.33. The summed E-state index contributed by atoms with van der Waals surface area (Å²) in [6, 6.07) is 0. The van der Waals surface area contributed by atoms with Crippen LogP contribution in [-0.4, -0.2) is 11.2 Å². The second kappa shape index (κ2) is 5.59. The second-order valence-electron chi connectivity index (χ2n) is 9.28. The molecule has 0 amide bonds. The van der Waals surface area contributed by atoms with E-state index in [1.807, 2.05) is 0 Å². The zero-order valence-electron chi connectivity index (χ0n) is 14.7. The largest absolute Gasteiger partial charge is 0.393 e. The van der Waals surface area contributed by atoms with E-state index >= 15 is 0 Å². The first-order valence-corrected chi connectivity index (χ1v) is 10.7. The molecule has 4 rings (SSSR count).